The molecule has 2 aromatic carbocycles. The summed E-state index contributed by atoms with van der Waals surface area (Å²) < 4.78 is 0. The van der Waals surface area contributed by atoms with Crippen LogP contribution in [-0.4, -0.2) is 16.2 Å². The van der Waals surface area contributed by atoms with Gasteiger partial charge in [0.2, 0.25) is 0 Å². The predicted molar refractivity (Wildman–Crippen MR) is 129 cm³/mol. The number of aryl methyl sites for hydroxylation is 2. The minimum absolute atomic E-state index is 0.135. The third-order valence-electron chi connectivity index (χ3n) is 5.23. The van der Waals surface area contributed by atoms with Crippen molar-refractivity contribution in [3.63, 3.8) is 0 Å². The second-order valence-electron chi connectivity index (χ2n) is 9.30. The fourth-order valence-corrected chi connectivity index (χ4v) is 13.7. The van der Waals surface area contributed by atoms with Crippen molar-refractivity contribution in [1.82, 2.24) is 0 Å². The average Bonchev–Trinajstić information content (AvgIpc) is 2.60. The van der Waals surface area contributed by atoms with Crippen LogP contribution in [0.2, 0.25) is 0 Å². The Hall–Kier alpha value is -0.700. The van der Waals surface area contributed by atoms with E-state index in [4.69, 9.17) is 0 Å². The van der Waals surface area contributed by atoms with E-state index in [1.54, 1.807) is 10.6 Å². The molecular weight excluding hydrogens is 362 g/mol. The Labute approximate surface area is 170 Å². The number of hydrogen-bond acceptors (Lipinski definition) is 0. The first kappa shape index (κ1) is 22.6. The quantitative estimate of drug-likeness (QED) is 0.447. The van der Waals surface area contributed by atoms with E-state index < -0.39 is 0 Å². The van der Waals surface area contributed by atoms with Crippen molar-refractivity contribution in [2.45, 2.75) is 78.5 Å². The smallest absolute Gasteiger partial charge is 0.00304 e. The third-order valence-corrected chi connectivity index (χ3v) is 12.8. The minimum Gasteiger partial charge on any atom is -0.0906 e. The molecule has 0 radical (unpaired) electrons. The first-order chi connectivity index (χ1) is 12.6. The second-order valence-corrected chi connectivity index (χ2v) is 15.8. The third kappa shape index (κ3) is 5.65. The van der Waals surface area contributed by atoms with E-state index in [1.807, 2.05) is 0 Å². The fraction of sp³-hybridized carbons (Fsp3) is 0.520. The molecule has 148 valence electrons. The molecule has 0 amide bonds. The van der Waals surface area contributed by atoms with Gasteiger partial charge in [0.15, 0.2) is 0 Å². The Bertz CT molecular complexity index is 673. The normalized spacial score (nSPS) is 12.8. The summed E-state index contributed by atoms with van der Waals surface area (Å²) >= 11 is 0. The van der Waals surface area contributed by atoms with Gasteiger partial charge >= 0.3 is 0 Å². The van der Waals surface area contributed by atoms with E-state index in [9.17, 15) is 0 Å². The molecule has 0 spiro atoms. The molecule has 0 bridgehead atoms. The highest BCUT2D eigenvalue weighted by Crippen LogP contribution is 2.65. The highest BCUT2D eigenvalue weighted by molar-refractivity contribution is 7.84. The van der Waals surface area contributed by atoms with Crippen LogP contribution in [0.3, 0.4) is 0 Å². The molecule has 0 saturated heterocycles. The lowest BCUT2D eigenvalue weighted by atomic mass is 10.2. The van der Waals surface area contributed by atoms with Gasteiger partial charge in [-0.05, 0) is 58.7 Å². The molecule has 0 N–H and O–H groups in total. The lowest BCUT2D eigenvalue weighted by Gasteiger charge is -2.44. The largest absolute Gasteiger partial charge is 0.0906 e. The number of hydrogen-bond donors (Lipinski definition) is 0. The average molecular weight is 401 g/mol. The molecule has 0 saturated carbocycles. The monoisotopic (exact) mass is 400 g/mol. The van der Waals surface area contributed by atoms with E-state index in [0.29, 0.717) is 10.3 Å². The molecule has 2 aromatic rings. The van der Waals surface area contributed by atoms with Crippen molar-refractivity contribution in [1.29, 1.82) is 0 Å². The molecular formula is C25H38P2. The van der Waals surface area contributed by atoms with Crippen molar-refractivity contribution < 1.29 is 0 Å². The molecule has 0 fully saturated rings. The maximum absolute atomic E-state index is 2.45. The summed E-state index contributed by atoms with van der Waals surface area (Å²) in [6.45, 7) is 19.3. The van der Waals surface area contributed by atoms with Crippen LogP contribution in [-0.2, 0) is 12.8 Å². The topological polar surface area (TPSA) is 0 Å². The van der Waals surface area contributed by atoms with Crippen LogP contribution in [0.25, 0.3) is 0 Å². The van der Waals surface area contributed by atoms with Crippen molar-refractivity contribution in [2.24, 2.45) is 0 Å². The molecule has 0 unspecified atom stereocenters. The maximum atomic E-state index is 2.45. The van der Waals surface area contributed by atoms with Crippen LogP contribution in [0.15, 0.2) is 48.5 Å². The lowest BCUT2D eigenvalue weighted by Crippen LogP contribution is -2.29. The van der Waals surface area contributed by atoms with Crippen molar-refractivity contribution >= 4 is 26.5 Å². The molecule has 0 aromatic heterocycles. The van der Waals surface area contributed by atoms with Crippen LogP contribution in [0.1, 0.15) is 66.5 Å². The molecule has 2 heteroatoms. The molecule has 27 heavy (non-hydrogen) atoms. The van der Waals surface area contributed by atoms with E-state index in [1.165, 1.54) is 17.0 Å². The number of rotatable bonds is 6. The van der Waals surface area contributed by atoms with Gasteiger partial charge in [-0.25, -0.2) is 0 Å². The van der Waals surface area contributed by atoms with Gasteiger partial charge in [-0.15, -0.1) is 0 Å². The van der Waals surface area contributed by atoms with Gasteiger partial charge in [-0.3, -0.25) is 0 Å². The molecule has 0 heterocycles. The zero-order valence-corrected chi connectivity index (χ0v) is 20.4. The van der Waals surface area contributed by atoms with Gasteiger partial charge in [-0.2, -0.15) is 0 Å². The molecule has 0 aliphatic carbocycles. The summed E-state index contributed by atoms with van der Waals surface area (Å²) in [5.41, 5.74) is 3.07. The summed E-state index contributed by atoms with van der Waals surface area (Å²) in [6.07, 6.45) is 2.23. The van der Waals surface area contributed by atoms with Gasteiger partial charge in [-0.1, -0.05) is 112 Å². The molecule has 0 aliphatic rings. The number of benzene rings is 2. The van der Waals surface area contributed by atoms with Crippen LogP contribution >= 0.6 is 15.8 Å². The van der Waals surface area contributed by atoms with Gasteiger partial charge in [0.1, 0.15) is 0 Å². The Morgan fingerprint density at radius 3 is 1.33 bits per heavy atom. The van der Waals surface area contributed by atoms with Crippen LogP contribution < -0.4 is 10.6 Å². The van der Waals surface area contributed by atoms with Crippen LogP contribution in [0.5, 0.6) is 0 Å². The summed E-state index contributed by atoms with van der Waals surface area (Å²) in [4.78, 5) is 0. The predicted octanol–water partition coefficient (Wildman–Crippen LogP) is 7.28. The van der Waals surface area contributed by atoms with E-state index in [0.717, 1.165) is 12.8 Å². The Balaban J connectivity index is 2.63. The Morgan fingerprint density at radius 1 is 0.630 bits per heavy atom. The van der Waals surface area contributed by atoms with Crippen molar-refractivity contribution in [2.75, 3.05) is 5.90 Å². The summed E-state index contributed by atoms with van der Waals surface area (Å²) in [5, 5.41) is 3.93. The van der Waals surface area contributed by atoms with Gasteiger partial charge in [0.25, 0.3) is 0 Å². The zero-order valence-electron chi connectivity index (χ0n) is 18.6. The van der Waals surface area contributed by atoms with E-state index in [2.05, 4.69) is 104 Å². The molecule has 0 atom stereocenters. The first-order valence-electron chi connectivity index (χ1n) is 10.3. The van der Waals surface area contributed by atoms with Crippen molar-refractivity contribution in [3.05, 3.63) is 59.7 Å². The van der Waals surface area contributed by atoms with Gasteiger partial charge in [0.05, 0.1) is 0 Å². The maximum Gasteiger partial charge on any atom is -0.00304 e. The first-order valence-corrected chi connectivity index (χ1v) is 13.4. The minimum atomic E-state index is -0.343. The Kier molecular flexibility index (Phi) is 7.70. The summed E-state index contributed by atoms with van der Waals surface area (Å²) in [5.74, 6) is 1.33. The summed E-state index contributed by atoms with van der Waals surface area (Å²) in [6, 6.07) is 18.4. The molecule has 0 nitrogen and oxygen atoms in total. The highest BCUT2D eigenvalue weighted by Gasteiger charge is 2.37. The Morgan fingerprint density at radius 2 is 1.00 bits per heavy atom. The van der Waals surface area contributed by atoms with E-state index >= 15 is 0 Å². The SMILES string of the molecule is CCc1ccccc1P(CP(C(C)(C)C)C(C)(C)C)c1ccccc1CC. The van der Waals surface area contributed by atoms with E-state index in [-0.39, 0.29) is 15.8 Å². The lowest BCUT2D eigenvalue weighted by molar-refractivity contribution is 0.709. The van der Waals surface area contributed by atoms with Crippen molar-refractivity contribution in [3.8, 4) is 0 Å². The van der Waals surface area contributed by atoms with Crippen LogP contribution in [0, 0.1) is 0 Å². The second kappa shape index (κ2) is 9.20. The van der Waals surface area contributed by atoms with Crippen LogP contribution in [0.4, 0.5) is 0 Å². The highest BCUT2D eigenvalue weighted by atomic mass is 31.2. The zero-order chi connectivity index (χ0) is 20.2. The van der Waals surface area contributed by atoms with Gasteiger partial charge < -0.3 is 0 Å². The summed E-state index contributed by atoms with van der Waals surface area (Å²) in [7, 11) is -0.479. The standard InChI is InChI=1S/C25H38P2/c1-9-20-15-11-13-17-22(20)26(23-18-14-12-16-21(23)10-2)19-27(24(3,4)5)25(6,7)8/h11-18H,9-10,19H2,1-8H3. The molecule has 0 aliphatic heterocycles. The fourth-order valence-electron chi connectivity index (χ4n) is 4.00. The van der Waals surface area contributed by atoms with Gasteiger partial charge in [0, 0.05) is 0 Å². The molecule has 2 rings (SSSR count).